The molecule has 0 atom stereocenters. The van der Waals surface area contributed by atoms with Crippen LogP contribution >= 0.6 is 0 Å². The summed E-state index contributed by atoms with van der Waals surface area (Å²) in [6, 6.07) is 7.77. The lowest BCUT2D eigenvalue weighted by atomic mass is 10.2. The number of para-hydroxylation sites is 2. The third-order valence-electron chi connectivity index (χ3n) is 2.08. The van der Waals surface area contributed by atoms with E-state index in [2.05, 4.69) is 23.1 Å². The molecule has 2 rings (SSSR count). The van der Waals surface area contributed by atoms with Gasteiger partial charge in [-0.2, -0.15) is 0 Å². The zero-order valence-corrected chi connectivity index (χ0v) is 7.27. The number of hydrogen-bond acceptors (Lipinski definition) is 2. The molecule has 0 aromatic heterocycles. The molecule has 1 aromatic carbocycles. The van der Waals surface area contributed by atoms with Crippen LogP contribution in [-0.4, -0.2) is 5.66 Å². The SMILES string of the molecule is C=CC1(C=C)N=c2ccccc2=N1. The molecular weight excluding hydrogens is 160 g/mol. The molecule has 0 N–H and O–H groups in total. The first-order chi connectivity index (χ1) is 6.29. The number of rotatable bonds is 2. The minimum atomic E-state index is -0.635. The number of nitrogens with zero attached hydrogens (tertiary/aromatic N) is 2. The van der Waals surface area contributed by atoms with Crippen molar-refractivity contribution in [1.29, 1.82) is 0 Å². The maximum atomic E-state index is 4.42. The van der Waals surface area contributed by atoms with E-state index in [1.54, 1.807) is 12.2 Å². The molecule has 0 unspecified atom stereocenters. The van der Waals surface area contributed by atoms with E-state index in [-0.39, 0.29) is 0 Å². The van der Waals surface area contributed by atoms with Gasteiger partial charge in [-0.25, -0.2) is 9.98 Å². The zero-order chi connectivity index (χ0) is 9.31. The van der Waals surface area contributed by atoms with Gasteiger partial charge in [-0.1, -0.05) is 25.3 Å². The summed E-state index contributed by atoms with van der Waals surface area (Å²) in [7, 11) is 0. The van der Waals surface area contributed by atoms with Crippen molar-refractivity contribution in [3.05, 3.63) is 60.3 Å². The lowest BCUT2D eigenvalue weighted by Gasteiger charge is -2.11. The van der Waals surface area contributed by atoms with E-state index >= 15 is 0 Å². The summed E-state index contributed by atoms with van der Waals surface area (Å²) in [6.07, 6.45) is 3.39. The predicted octanol–water partition coefficient (Wildman–Crippen LogP) is 1.01. The normalized spacial score (nSPS) is 16.6. The third-order valence-corrected chi connectivity index (χ3v) is 2.08. The third kappa shape index (κ3) is 1.11. The average Bonchev–Trinajstić information content (AvgIpc) is 2.57. The van der Waals surface area contributed by atoms with E-state index in [1.165, 1.54) is 0 Å². The van der Waals surface area contributed by atoms with Crippen LogP contribution in [0.3, 0.4) is 0 Å². The summed E-state index contributed by atoms with van der Waals surface area (Å²) in [5.74, 6) is 0. The second-order valence-electron chi connectivity index (χ2n) is 2.90. The van der Waals surface area contributed by atoms with Gasteiger partial charge >= 0.3 is 0 Å². The van der Waals surface area contributed by atoms with Crippen molar-refractivity contribution >= 4 is 0 Å². The maximum absolute atomic E-state index is 4.42. The van der Waals surface area contributed by atoms with E-state index < -0.39 is 5.66 Å². The Kier molecular flexibility index (Phi) is 1.62. The molecule has 0 aliphatic carbocycles. The highest BCUT2D eigenvalue weighted by molar-refractivity contribution is 5.19. The van der Waals surface area contributed by atoms with Gasteiger partial charge in [0.2, 0.25) is 0 Å². The molecule has 64 valence electrons. The van der Waals surface area contributed by atoms with Crippen LogP contribution in [0.2, 0.25) is 0 Å². The molecule has 0 amide bonds. The fraction of sp³-hybridized carbons (Fsp3) is 0.0909. The van der Waals surface area contributed by atoms with Gasteiger partial charge in [0.05, 0.1) is 10.7 Å². The molecule has 1 heterocycles. The quantitative estimate of drug-likeness (QED) is 0.592. The van der Waals surface area contributed by atoms with Crippen LogP contribution in [0.25, 0.3) is 0 Å². The van der Waals surface area contributed by atoms with Crippen LogP contribution in [0, 0.1) is 0 Å². The minimum Gasteiger partial charge on any atom is -0.245 e. The molecule has 1 aliphatic heterocycles. The van der Waals surface area contributed by atoms with Gasteiger partial charge in [0, 0.05) is 0 Å². The molecule has 13 heavy (non-hydrogen) atoms. The highest BCUT2D eigenvalue weighted by Gasteiger charge is 2.22. The van der Waals surface area contributed by atoms with Crippen LogP contribution in [0.5, 0.6) is 0 Å². The number of fused-ring (bicyclic) bond motifs is 1. The summed E-state index contributed by atoms with van der Waals surface area (Å²) in [5.41, 5.74) is -0.635. The molecule has 1 aliphatic rings. The zero-order valence-electron chi connectivity index (χ0n) is 7.27. The van der Waals surface area contributed by atoms with Crippen molar-refractivity contribution in [1.82, 2.24) is 0 Å². The standard InChI is InChI=1S/C11H10N2/c1-3-11(4-2)12-9-7-5-6-8-10(9)13-11/h3-8H,1-2H2. The van der Waals surface area contributed by atoms with Crippen molar-refractivity contribution in [3.8, 4) is 0 Å². The summed E-state index contributed by atoms with van der Waals surface area (Å²) in [4.78, 5) is 8.83. The molecule has 0 spiro atoms. The predicted molar refractivity (Wildman–Crippen MR) is 51.9 cm³/mol. The number of benzene rings is 1. The van der Waals surface area contributed by atoms with Gasteiger partial charge < -0.3 is 0 Å². The van der Waals surface area contributed by atoms with Crippen molar-refractivity contribution in [3.63, 3.8) is 0 Å². The molecular formula is C11H10N2. The van der Waals surface area contributed by atoms with Gasteiger partial charge in [0.15, 0.2) is 5.66 Å². The molecule has 0 radical (unpaired) electrons. The molecule has 1 aromatic rings. The molecule has 0 saturated heterocycles. The Bertz CT molecular complexity index is 426. The fourth-order valence-corrected chi connectivity index (χ4v) is 1.33. The monoisotopic (exact) mass is 170 g/mol. The van der Waals surface area contributed by atoms with Gasteiger partial charge in [0.1, 0.15) is 0 Å². The lowest BCUT2D eigenvalue weighted by Crippen LogP contribution is -2.19. The van der Waals surface area contributed by atoms with Gasteiger partial charge in [-0.05, 0) is 24.3 Å². The Hall–Kier alpha value is -1.70. The van der Waals surface area contributed by atoms with E-state index in [4.69, 9.17) is 0 Å². The molecule has 2 heteroatoms. The van der Waals surface area contributed by atoms with Crippen molar-refractivity contribution in [2.45, 2.75) is 5.66 Å². The van der Waals surface area contributed by atoms with Gasteiger partial charge in [-0.3, -0.25) is 0 Å². The lowest BCUT2D eigenvalue weighted by molar-refractivity contribution is 0.697. The first-order valence-electron chi connectivity index (χ1n) is 4.12. The molecule has 0 bridgehead atoms. The summed E-state index contributed by atoms with van der Waals surface area (Å²) in [5, 5.41) is 1.81. The van der Waals surface area contributed by atoms with Crippen molar-refractivity contribution < 1.29 is 0 Å². The van der Waals surface area contributed by atoms with E-state index in [0.29, 0.717) is 0 Å². The van der Waals surface area contributed by atoms with Crippen LogP contribution in [0.4, 0.5) is 0 Å². The maximum Gasteiger partial charge on any atom is 0.188 e. The van der Waals surface area contributed by atoms with Crippen LogP contribution in [0.1, 0.15) is 0 Å². The summed E-state index contributed by atoms with van der Waals surface area (Å²) in [6.45, 7) is 7.42. The Balaban J connectivity index is 2.75. The second kappa shape index (κ2) is 2.66. The van der Waals surface area contributed by atoms with Gasteiger partial charge in [-0.15, -0.1) is 0 Å². The molecule has 2 nitrogen and oxygen atoms in total. The smallest absolute Gasteiger partial charge is 0.188 e. The average molecular weight is 170 g/mol. The Morgan fingerprint density at radius 3 is 1.85 bits per heavy atom. The Labute approximate surface area is 76.7 Å². The topological polar surface area (TPSA) is 24.7 Å². The fourth-order valence-electron chi connectivity index (χ4n) is 1.33. The van der Waals surface area contributed by atoms with E-state index in [9.17, 15) is 0 Å². The summed E-state index contributed by atoms with van der Waals surface area (Å²) < 4.78 is 0. The van der Waals surface area contributed by atoms with E-state index in [1.807, 2.05) is 24.3 Å². The first-order valence-corrected chi connectivity index (χ1v) is 4.12. The Morgan fingerprint density at radius 1 is 1.00 bits per heavy atom. The van der Waals surface area contributed by atoms with Crippen LogP contribution in [0.15, 0.2) is 59.6 Å². The molecule has 0 saturated carbocycles. The van der Waals surface area contributed by atoms with Crippen LogP contribution in [-0.2, 0) is 0 Å². The summed E-state index contributed by atoms with van der Waals surface area (Å²) >= 11 is 0. The van der Waals surface area contributed by atoms with Gasteiger partial charge in [0.25, 0.3) is 0 Å². The second-order valence-corrected chi connectivity index (χ2v) is 2.90. The van der Waals surface area contributed by atoms with E-state index in [0.717, 1.165) is 10.7 Å². The highest BCUT2D eigenvalue weighted by Crippen LogP contribution is 2.15. The largest absolute Gasteiger partial charge is 0.245 e. The van der Waals surface area contributed by atoms with Crippen LogP contribution < -0.4 is 10.7 Å². The Morgan fingerprint density at radius 2 is 1.46 bits per heavy atom. The molecule has 0 fully saturated rings. The first kappa shape index (κ1) is 7.92. The number of hydrogen-bond donors (Lipinski definition) is 0. The van der Waals surface area contributed by atoms with Crippen molar-refractivity contribution in [2.75, 3.05) is 0 Å². The van der Waals surface area contributed by atoms with Crippen molar-refractivity contribution in [2.24, 2.45) is 9.98 Å². The minimum absolute atomic E-state index is 0.635. The highest BCUT2D eigenvalue weighted by atomic mass is 15.1.